The third-order valence-corrected chi connectivity index (χ3v) is 14.3. The molecule has 0 atom stereocenters. The lowest BCUT2D eigenvalue weighted by Gasteiger charge is -2.62. The van der Waals surface area contributed by atoms with Crippen LogP contribution in [0.2, 0.25) is 0 Å². The third kappa shape index (κ3) is 21.0. The van der Waals surface area contributed by atoms with Crippen LogP contribution in [0.1, 0.15) is 250 Å². The molecule has 324 valence electrons. The molecular formula is C48H96O6. The van der Waals surface area contributed by atoms with Gasteiger partial charge in [-0.15, -0.1) is 0 Å². The molecule has 1 saturated carbocycles. The van der Waals surface area contributed by atoms with Crippen LogP contribution in [0.4, 0.5) is 0 Å². The zero-order chi connectivity index (χ0) is 39.3. The van der Waals surface area contributed by atoms with Crippen molar-refractivity contribution in [3.8, 4) is 0 Å². The Bertz CT molecular complexity index is 700. The zero-order valence-electron chi connectivity index (χ0n) is 36.0. The van der Waals surface area contributed by atoms with Gasteiger partial charge in [-0.05, 0) is 67.6 Å². The SMILES string of the molecule is OCCC1(CCO)CCCCCCCCCCCCCCCCCCCCCCCCCCCCCCCCCC(CCO)(CCO)C1(CCO)CCO. The fourth-order valence-corrected chi connectivity index (χ4v) is 11.2. The minimum atomic E-state index is -0.629. The Morgan fingerprint density at radius 3 is 0.500 bits per heavy atom. The molecule has 0 saturated heterocycles. The van der Waals surface area contributed by atoms with E-state index in [9.17, 15) is 30.6 Å². The lowest BCUT2D eigenvalue weighted by molar-refractivity contribution is -0.159. The first-order valence-electron chi connectivity index (χ1n) is 24.2. The molecule has 0 aromatic carbocycles. The average Bonchev–Trinajstić information content (AvgIpc) is 3.16. The van der Waals surface area contributed by atoms with E-state index in [0.29, 0.717) is 38.5 Å². The standard InChI is InChI=1S/C48H96O6/c49-40-34-46(35-41-50)32-30-28-26-24-22-20-18-16-14-12-10-8-6-4-2-1-3-5-7-9-11-13-15-17-19-21-23-25-27-29-31-33-47(36-42-51,37-43-52)48(46,38-44-53)39-45-54/h49-54H,1-45H2. The summed E-state index contributed by atoms with van der Waals surface area (Å²) in [5, 5.41) is 63.7. The summed E-state index contributed by atoms with van der Waals surface area (Å²) < 4.78 is 0. The van der Waals surface area contributed by atoms with Crippen molar-refractivity contribution in [2.45, 2.75) is 250 Å². The van der Waals surface area contributed by atoms with Gasteiger partial charge in [-0.3, -0.25) is 0 Å². The van der Waals surface area contributed by atoms with E-state index < -0.39 is 16.2 Å². The van der Waals surface area contributed by atoms with Crippen molar-refractivity contribution in [1.29, 1.82) is 0 Å². The van der Waals surface area contributed by atoms with Crippen LogP contribution >= 0.6 is 0 Å². The van der Waals surface area contributed by atoms with Gasteiger partial charge in [-0.1, -0.05) is 199 Å². The van der Waals surface area contributed by atoms with Gasteiger partial charge in [0.25, 0.3) is 0 Å². The topological polar surface area (TPSA) is 121 Å². The van der Waals surface area contributed by atoms with Crippen LogP contribution in [-0.4, -0.2) is 70.3 Å². The molecule has 6 N–H and O–H groups in total. The monoisotopic (exact) mass is 769 g/mol. The highest BCUT2D eigenvalue weighted by molar-refractivity contribution is 5.08. The molecule has 0 spiro atoms. The summed E-state index contributed by atoms with van der Waals surface area (Å²) in [5.41, 5.74) is -1.65. The van der Waals surface area contributed by atoms with Crippen molar-refractivity contribution < 1.29 is 30.6 Å². The summed E-state index contributed by atoms with van der Waals surface area (Å²) in [6.45, 7) is -0.200. The number of aliphatic hydroxyl groups excluding tert-OH is 6. The molecule has 6 heteroatoms. The Kier molecular flexibility index (Phi) is 34.4. The molecule has 54 heavy (non-hydrogen) atoms. The van der Waals surface area contributed by atoms with E-state index >= 15 is 0 Å². The molecule has 0 heterocycles. The average molecular weight is 769 g/mol. The predicted octanol–water partition coefficient (Wildman–Crippen LogP) is 12.1. The summed E-state index contributed by atoms with van der Waals surface area (Å²) in [4.78, 5) is 0. The maximum Gasteiger partial charge on any atom is 0.0436 e. The van der Waals surface area contributed by atoms with Crippen molar-refractivity contribution in [3.05, 3.63) is 0 Å². The van der Waals surface area contributed by atoms with E-state index in [1.807, 2.05) is 0 Å². The normalized spacial score (nSPS) is 23.0. The Labute approximate surface area is 336 Å². The van der Waals surface area contributed by atoms with Gasteiger partial charge in [0.2, 0.25) is 0 Å². The van der Waals surface area contributed by atoms with Gasteiger partial charge in [0.05, 0.1) is 0 Å². The lowest BCUT2D eigenvalue weighted by atomic mass is 9.42. The fraction of sp³-hybridized carbons (Fsp3) is 1.00. The number of hydrogen-bond acceptors (Lipinski definition) is 6. The van der Waals surface area contributed by atoms with Crippen molar-refractivity contribution in [2.24, 2.45) is 16.2 Å². The minimum absolute atomic E-state index is 0.0209. The van der Waals surface area contributed by atoms with E-state index in [1.54, 1.807) is 0 Å². The van der Waals surface area contributed by atoms with E-state index in [0.717, 1.165) is 38.5 Å². The second kappa shape index (κ2) is 35.9. The highest BCUT2D eigenvalue weighted by Crippen LogP contribution is 2.65. The van der Waals surface area contributed by atoms with E-state index in [2.05, 4.69) is 0 Å². The smallest absolute Gasteiger partial charge is 0.0436 e. The molecule has 1 aliphatic carbocycles. The first-order chi connectivity index (χ1) is 26.6. The molecule has 0 radical (unpaired) electrons. The first kappa shape index (κ1) is 51.8. The second-order valence-electron chi connectivity index (χ2n) is 17.9. The molecule has 0 aliphatic heterocycles. The minimum Gasteiger partial charge on any atom is -0.396 e. The largest absolute Gasteiger partial charge is 0.396 e. The molecule has 1 aliphatic rings. The van der Waals surface area contributed by atoms with Gasteiger partial charge >= 0.3 is 0 Å². The maximum atomic E-state index is 10.7. The second-order valence-corrected chi connectivity index (χ2v) is 17.9. The molecule has 0 bridgehead atoms. The van der Waals surface area contributed by atoms with E-state index in [4.69, 9.17) is 0 Å². The molecule has 6 nitrogen and oxygen atoms in total. The van der Waals surface area contributed by atoms with Crippen LogP contribution in [0, 0.1) is 16.2 Å². The molecule has 1 fully saturated rings. The van der Waals surface area contributed by atoms with Gasteiger partial charge in [-0.2, -0.15) is 0 Å². The van der Waals surface area contributed by atoms with Crippen LogP contribution in [0.3, 0.4) is 0 Å². The van der Waals surface area contributed by atoms with Crippen molar-refractivity contribution in [1.82, 2.24) is 0 Å². The quantitative estimate of drug-likeness (QED) is 0.118. The van der Waals surface area contributed by atoms with Crippen LogP contribution in [0.5, 0.6) is 0 Å². The third-order valence-electron chi connectivity index (χ3n) is 14.3. The first-order valence-corrected chi connectivity index (χ1v) is 24.2. The number of rotatable bonds is 12. The van der Waals surface area contributed by atoms with Crippen LogP contribution < -0.4 is 0 Å². The summed E-state index contributed by atoms with van der Waals surface area (Å²) >= 11 is 0. The Morgan fingerprint density at radius 2 is 0.352 bits per heavy atom. The summed E-state index contributed by atoms with van der Waals surface area (Å²) in [6, 6.07) is 0. The van der Waals surface area contributed by atoms with Crippen LogP contribution in [0.15, 0.2) is 0 Å². The molecule has 0 aromatic heterocycles. The predicted molar refractivity (Wildman–Crippen MR) is 230 cm³/mol. The Hall–Kier alpha value is -0.240. The van der Waals surface area contributed by atoms with Gasteiger partial charge < -0.3 is 30.6 Å². The summed E-state index contributed by atoms with van der Waals surface area (Å²) in [6.07, 6.45) is 45.4. The van der Waals surface area contributed by atoms with Crippen LogP contribution in [0.25, 0.3) is 0 Å². The number of aliphatic hydroxyl groups is 6. The molecule has 0 unspecified atom stereocenters. The van der Waals surface area contributed by atoms with Crippen LogP contribution in [-0.2, 0) is 0 Å². The summed E-state index contributed by atoms with van der Waals surface area (Å²) in [7, 11) is 0. The number of hydrogen-bond donors (Lipinski definition) is 6. The van der Waals surface area contributed by atoms with E-state index in [-0.39, 0.29) is 39.6 Å². The van der Waals surface area contributed by atoms with Gasteiger partial charge in [0.1, 0.15) is 0 Å². The van der Waals surface area contributed by atoms with Crippen molar-refractivity contribution in [2.75, 3.05) is 39.6 Å². The highest BCUT2D eigenvalue weighted by Gasteiger charge is 2.59. The zero-order valence-corrected chi connectivity index (χ0v) is 36.0. The molecule has 0 aromatic rings. The van der Waals surface area contributed by atoms with Gasteiger partial charge in [-0.25, -0.2) is 0 Å². The highest BCUT2D eigenvalue weighted by atomic mass is 16.3. The summed E-state index contributed by atoms with van der Waals surface area (Å²) in [5.74, 6) is 0. The fourth-order valence-electron chi connectivity index (χ4n) is 11.2. The van der Waals surface area contributed by atoms with Gasteiger partial charge in [0.15, 0.2) is 0 Å². The molecule has 0 amide bonds. The van der Waals surface area contributed by atoms with Crippen molar-refractivity contribution >= 4 is 0 Å². The Morgan fingerprint density at radius 1 is 0.204 bits per heavy atom. The van der Waals surface area contributed by atoms with Gasteiger partial charge in [0, 0.05) is 39.6 Å². The Balaban J connectivity index is 3.02. The van der Waals surface area contributed by atoms with Crippen molar-refractivity contribution in [3.63, 3.8) is 0 Å². The molecular weight excluding hydrogens is 673 g/mol. The maximum absolute atomic E-state index is 10.7. The lowest BCUT2D eigenvalue weighted by Crippen LogP contribution is -2.56. The van der Waals surface area contributed by atoms with E-state index in [1.165, 1.54) is 173 Å². The molecule has 1 rings (SSSR count).